The number of ether oxygens (including phenoxy) is 1. The van der Waals surface area contributed by atoms with Gasteiger partial charge >= 0.3 is 0 Å². The van der Waals surface area contributed by atoms with Gasteiger partial charge in [0.15, 0.2) is 0 Å². The molecule has 3 rings (SSSR count). The molecular weight excluding hydrogens is 274 g/mol. The van der Waals surface area contributed by atoms with Crippen LogP contribution in [0.4, 0.5) is 0 Å². The van der Waals surface area contributed by atoms with Crippen molar-refractivity contribution in [2.24, 2.45) is 0 Å². The Morgan fingerprint density at radius 3 is 2.91 bits per heavy atom. The maximum Gasteiger partial charge on any atom is 0.224 e. The largest absolute Gasteiger partial charge is 0.496 e. The number of carbonyl (C=O) groups is 1. The molecule has 2 aromatic rings. The molecule has 1 N–H and O–H groups in total. The molecule has 3 nitrogen and oxygen atoms in total. The topological polar surface area (TPSA) is 38.3 Å². The number of amides is 1. The van der Waals surface area contributed by atoms with Crippen molar-refractivity contribution in [3.8, 4) is 5.75 Å². The summed E-state index contributed by atoms with van der Waals surface area (Å²) in [7, 11) is 1.65. The lowest BCUT2D eigenvalue weighted by molar-refractivity contribution is -0.121. The van der Waals surface area contributed by atoms with E-state index in [-0.39, 0.29) is 11.9 Å². The van der Waals surface area contributed by atoms with Crippen LogP contribution >= 0.6 is 0 Å². The summed E-state index contributed by atoms with van der Waals surface area (Å²) < 4.78 is 5.32. The maximum absolute atomic E-state index is 12.3. The van der Waals surface area contributed by atoms with E-state index in [1.807, 2.05) is 31.2 Å². The average Bonchev–Trinajstić information content (AvgIpc) is 2.92. The summed E-state index contributed by atoms with van der Waals surface area (Å²) in [6, 6.07) is 14.4. The fourth-order valence-corrected chi connectivity index (χ4v) is 3.11. The first-order valence-electron chi connectivity index (χ1n) is 7.68. The van der Waals surface area contributed by atoms with Crippen LogP contribution < -0.4 is 10.1 Å². The van der Waals surface area contributed by atoms with E-state index in [2.05, 4.69) is 23.5 Å². The minimum atomic E-state index is 0.0626. The van der Waals surface area contributed by atoms with E-state index in [4.69, 9.17) is 4.74 Å². The van der Waals surface area contributed by atoms with Crippen LogP contribution in [0.1, 0.15) is 34.7 Å². The average molecular weight is 295 g/mol. The number of methoxy groups -OCH3 is 1. The Morgan fingerprint density at radius 1 is 1.27 bits per heavy atom. The predicted molar refractivity (Wildman–Crippen MR) is 87.1 cm³/mol. The van der Waals surface area contributed by atoms with Crippen LogP contribution in [0, 0.1) is 6.92 Å². The Hall–Kier alpha value is -2.29. The van der Waals surface area contributed by atoms with Crippen molar-refractivity contribution in [2.45, 2.75) is 32.2 Å². The molecular formula is C19H21NO2. The number of carbonyl (C=O) groups excluding carboxylic acids is 1. The molecule has 0 unspecified atom stereocenters. The molecule has 0 aromatic heterocycles. The molecule has 1 amide bonds. The van der Waals surface area contributed by atoms with Gasteiger partial charge in [-0.2, -0.15) is 0 Å². The van der Waals surface area contributed by atoms with E-state index in [9.17, 15) is 4.79 Å². The molecule has 0 aliphatic heterocycles. The Kier molecular flexibility index (Phi) is 4.14. The minimum absolute atomic E-state index is 0.0626. The number of benzene rings is 2. The Morgan fingerprint density at radius 2 is 2.09 bits per heavy atom. The highest BCUT2D eigenvalue weighted by Gasteiger charge is 2.23. The van der Waals surface area contributed by atoms with Crippen molar-refractivity contribution in [3.63, 3.8) is 0 Å². The summed E-state index contributed by atoms with van der Waals surface area (Å²) in [4.78, 5) is 12.3. The van der Waals surface area contributed by atoms with Crippen LogP contribution in [-0.4, -0.2) is 13.0 Å². The van der Waals surface area contributed by atoms with Gasteiger partial charge in [-0.05, 0) is 48.1 Å². The number of rotatable bonds is 4. The summed E-state index contributed by atoms with van der Waals surface area (Å²) in [5.74, 6) is 0.893. The molecule has 0 radical (unpaired) electrons. The van der Waals surface area contributed by atoms with Gasteiger partial charge in [-0.3, -0.25) is 4.79 Å². The summed E-state index contributed by atoms with van der Waals surface area (Å²) in [6.07, 6.45) is 2.41. The van der Waals surface area contributed by atoms with Crippen molar-refractivity contribution in [1.82, 2.24) is 5.32 Å². The van der Waals surface area contributed by atoms with Crippen LogP contribution in [0.15, 0.2) is 42.5 Å². The molecule has 3 heteroatoms. The highest BCUT2D eigenvalue weighted by atomic mass is 16.5. The molecule has 0 spiro atoms. The molecule has 114 valence electrons. The Bertz CT molecular complexity index is 694. The summed E-state index contributed by atoms with van der Waals surface area (Å²) >= 11 is 0. The zero-order valence-corrected chi connectivity index (χ0v) is 13.1. The molecule has 0 saturated heterocycles. The smallest absolute Gasteiger partial charge is 0.224 e. The van der Waals surface area contributed by atoms with Crippen molar-refractivity contribution in [2.75, 3.05) is 7.11 Å². The van der Waals surface area contributed by atoms with Gasteiger partial charge < -0.3 is 10.1 Å². The third-order valence-electron chi connectivity index (χ3n) is 4.31. The molecule has 0 bridgehead atoms. The van der Waals surface area contributed by atoms with Gasteiger partial charge in [0.1, 0.15) is 5.75 Å². The third-order valence-corrected chi connectivity index (χ3v) is 4.31. The van der Waals surface area contributed by atoms with Crippen LogP contribution in [-0.2, 0) is 17.6 Å². The fraction of sp³-hybridized carbons (Fsp3) is 0.316. The first-order valence-corrected chi connectivity index (χ1v) is 7.68. The third kappa shape index (κ3) is 2.98. The zero-order chi connectivity index (χ0) is 15.5. The van der Waals surface area contributed by atoms with Crippen molar-refractivity contribution >= 4 is 5.91 Å². The standard InChI is InChI=1S/C19H21NO2/c1-13-7-8-14(11-18(13)22-2)12-19(21)20-17-10-9-15-5-3-4-6-16(15)17/h3-8,11,17H,9-10,12H2,1-2H3,(H,20,21)/t17-/m0/s1. The highest BCUT2D eigenvalue weighted by Crippen LogP contribution is 2.30. The lowest BCUT2D eigenvalue weighted by Crippen LogP contribution is -2.28. The van der Waals surface area contributed by atoms with Crippen molar-refractivity contribution in [1.29, 1.82) is 0 Å². The van der Waals surface area contributed by atoms with E-state index < -0.39 is 0 Å². The van der Waals surface area contributed by atoms with Crippen molar-refractivity contribution < 1.29 is 9.53 Å². The second-order valence-corrected chi connectivity index (χ2v) is 5.84. The van der Waals surface area contributed by atoms with Gasteiger partial charge in [-0.25, -0.2) is 0 Å². The molecule has 0 fully saturated rings. The van der Waals surface area contributed by atoms with Gasteiger partial charge in [0.05, 0.1) is 19.6 Å². The van der Waals surface area contributed by atoms with E-state index in [0.29, 0.717) is 6.42 Å². The molecule has 1 aliphatic rings. The number of nitrogens with one attached hydrogen (secondary N) is 1. The van der Waals surface area contributed by atoms with E-state index >= 15 is 0 Å². The molecule has 1 atom stereocenters. The number of fused-ring (bicyclic) bond motifs is 1. The minimum Gasteiger partial charge on any atom is -0.496 e. The van der Waals surface area contributed by atoms with Gasteiger partial charge in [-0.1, -0.05) is 36.4 Å². The van der Waals surface area contributed by atoms with Crippen LogP contribution in [0.2, 0.25) is 0 Å². The number of aryl methyl sites for hydroxylation is 2. The SMILES string of the molecule is COc1cc(CC(=O)N[C@H]2CCc3ccccc32)ccc1C. The first-order chi connectivity index (χ1) is 10.7. The quantitative estimate of drug-likeness (QED) is 0.939. The second kappa shape index (κ2) is 6.22. The van der Waals surface area contributed by atoms with Gasteiger partial charge in [0.25, 0.3) is 0 Å². The van der Waals surface area contributed by atoms with E-state index in [1.165, 1.54) is 11.1 Å². The molecule has 2 aromatic carbocycles. The normalized spacial score (nSPS) is 16.2. The summed E-state index contributed by atoms with van der Waals surface area (Å²) in [6.45, 7) is 2.00. The van der Waals surface area contributed by atoms with Crippen molar-refractivity contribution in [3.05, 3.63) is 64.7 Å². The number of hydrogen-bond donors (Lipinski definition) is 1. The molecule has 22 heavy (non-hydrogen) atoms. The Labute approximate surface area is 131 Å². The van der Waals surface area contributed by atoms with Gasteiger partial charge in [-0.15, -0.1) is 0 Å². The molecule has 1 aliphatic carbocycles. The summed E-state index contributed by atoms with van der Waals surface area (Å²) in [5.41, 5.74) is 4.67. The maximum atomic E-state index is 12.3. The molecule has 0 saturated carbocycles. The van der Waals surface area contributed by atoms with Crippen LogP contribution in [0.3, 0.4) is 0 Å². The second-order valence-electron chi connectivity index (χ2n) is 5.84. The van der Waals surface area contributed by atoms with E-state index in [1.54, 1.807) is 7.11 Å². The lowest BCUT2D eigenvalue weighted by Gasteiger charge is -2.14. The van der Waals surface area contributed by atoms with Crippen LogP contribution in [0.5, 0.6) is 5.75 Å². The van der Waals surface area contributed by atoms with E-state index in [0.717, 1.165) is 29.7 Å². The summed E-state index contributed by atoms with van der Waals surface area (Å²) in [5, 5.41) is 3.16. The highest BCUT2D eigenvalue weighted by molar-refractivity contribution is 5.79. The predicted octanol–water partition coefficient (Wildman–Crippen LogP) is 3.35. The number of hydrogen-bond acceptors (Lipinski definition) is 2. The van der Waals surface area contributed by atoms with Gasteiger partial charge in [0, 0.05) is 0 Å². The lowest BCUT2D eigenvalue weighted by atomic mass is 10.1. The first kappa shape index (κ1) is 14.6. The zero-order valence-electron chi connectivity index (χ0n) is 13.1. The van der Waals surface area contributed by atoms with Gasteiger partial charge in [0.2, 0.25) is 5.91 Å². The monoisotopic (exact) mass is 295 g/mol. The Balaban J connectivity index is 1.66. The fourth-order valence-electron chi connectivity index (χ4n) is 3.11. The van der Waals surface area contributed by atoms with Crippen LogP contribution in [0.25, 0.3) is 0 Å². The molecule has 0 heterocycles.